The lowest BCUT2D eigenvalue weighted by Crippen LogP contribution is -2.41. The molecule has 0 N–H and O–H groups in total. The van der Waals surface area contributed by atoms with Crippen LogP contribution in [0.25, 0.3) is 15.9 Å². The zero-order chi connectivity index (χ0) is 22.1. The molecule has 1 amide bonds. The first-order valence-electron chi connectivity index (χ1n) is 10.6. The Morgan fingerprint density at radius 2 is 1.91 bits per heavy atom. The molecule has 3 heterocycles. The van der Waals surface area contributed by atoms with Crippen LogP contribution in [0, 0.1) is 6.92 Å². The van der Waals surface area contributed by atoms with Crippen molar-refractivity contribution in [2.45, 2.75) is 25.9 Å². The van der Waals surface area contributed by atoms with E-state index >= 15 is 0 Å². The van der Waals surface area contributed by atoms with Crippen molar-refractivity contribution in [3.63, 3.8) is 0 Å². The van der Waals surface area contributed by atoms with Crippen molar-refractivity contribution in [1.82, 2.24) is 19.7 Å². The van der Waals surface area contributed by atoms with Crippen molar-refractivity contribution in [3.05, 3.63) is 66.0 Å². The van der Waals surface area contributed by atoms with E-state index in [1.807, 2.05) is 65.0 Å². The van der Waals surface area contributed by atoms with Crippen LogP contribution in [0.5, 0.6) is 10.9 Å². The van der Waals surface area contributed by atoms with E-state index in [1.165, 1.54) is 11.3 Å². The number of carbonyl (C=O) groups excluding carboxylic acids is 1. The number of nitrogens with zero attached hydrogens (tertiary/aromatic N) is 4. The first-order chi connectivity index (χ1) is 15.6. The highest BCUT2D eigenvalue weighted by Crippen LogP contribution is 2.32. The van der Waals surface area contributed by atoms with Gasteiger partial charge in [0, 0.05) is 25.9 Å². The van der Waals surface area contributed by atoms with Crippen LogP contribution in [0.2, 0.25) is 0 Å². The Bertz CT molecular complexity index is 1240. The summed E-state index contributed by atoms with van der Waals surface area (Å²) in [5.74, 6) is 0.834. The Balaban J connectivity index is 1.22. The van der Waals surface area contributed by atoms with Crippen LogP contribution in [-0.2, 0) is 0 Å². The maximum atomic E-state index is 13.1. The van der Waals surface area contributed by atoms with E-state index in [9.17, 15) is 4.79 Å². The molecule has 0 spiro atoms. The number of likely N-dealkylation sites (tertiary alicyclic amines) is 1. The summed E-state index contributed by atoms with van der Waals surface area (Å²) in [6, 6.07) is 15.7. The van der Waals surface area contributed by atoms with Crippen LogP contribution >= 0.6 is 11.3 Å². The quantitative estimate of drug-likeness (QED) is 0.450. The van der Waals surface area contributed by atoms with Crippen molar-refractivity contribution in [1.29, 1.82) is 0 Å². The fourth-order valence-electron chi connectivity index (χ4n) is 4.00. The minimum absolute atomic E-state index is 0.0233. The van der Waals surface area contributed by atoms with Gasteiger partial charge in [0.2, 0.25) is 0 Å². The highest BCUT2D eigenvalue weighted by molar-refractivity contribution is 7.20. The molecule has 0 atom stereocenters. The summed E-state index contributed by atoms with van der Waals surface area (Å²) in [7, 11) is 1.66. The lowest BCUT2D eigenvalue weighted by molar-refractivity contribution is 0.0595. The SMILES string of the molecule is COc1ccc2nc(OC3CCN(C(=O)c4cnn(-c5ccccc5)c4C)CC3)sc2c1. The summed E-state index contributed by atoms with van der Waals surface area (Å²) < 4.78 is 14.3. The maximum absolute atomic E-state index is 13.1. The summed E-state index contributed by atoms with van der Waals surface area (Å²) in [6.07, 6.45) is 3.27. The number of benzene rings is 2. The molecule has 1 aliphatic heterocycles. The van der Waals surface area contributed by atoms with Crippen LogP contribution < -0.4 is 9.47 Å². The van der Waals surface area contributed by atoms with Gasteiger partial charge in [-0.25, -0.2) is 9.67 Å². The second-order valence-electron chi connectivity index (χ2n) is 7.81. The first-order valence-corrected chi connectivity index (χ1v) is 11.4. The van der Waals surface area contributed by atoms with Gasteiger partial charge in [0.1, 0.15) is 11.9 Å². The smallest absolute Gasteiger partial charge is 0.274 e. The molecule has 2 aromatic heterocycles. The number of carbonyl (C=O) groups is 1. The van der Waals surface area contributed by atoms with Gasteiger partial charge in [0.05, 0.1) is 40.5 Å². The molecule has 4 aromatic rings. The molecular formula is C24H24N4O3S. The van der Waals surface area contributed by atoms with E-state index < -0.39 is 0 Å². The average molecular weight is 449 g/mol. The summed E-state index contributed by atoms with van der Waals surface area (Å²) in [6.45, 7) is 3.24. The minimum atomic E-state index is 0.0233. The van der Waals surface area contributed by atoms with E-state index in [4.69, 9.17) is 9.47 Å². The number of amides is 1. The highest BCUT2D eigenvalue weighted by atomic mass is 32.1. The molecule has 5 rings (SSSR count). The molecule has 32 heavy (non-hydrogen) atoms. The van der Waals surface area contributed by atoms with Crippen LogP contribution in [-0.4, -0.2) is 51.9 Å². The van der Waals surface area contributed by atoms with Gasteiger partial charge in [-0.1, -0.05) is 29.5 Å². The van der Waals surface area contributed by atoms with Gasteiger partial charge in [-0.05, 0) is 37.3 Å². The molecule has 0 aliphatic carbocycles. The topological polar surface area (TPSA) is 69.5 Å². The van der Waals surface area contributed by atoms with E-state index in [-0.39, 0.29) is 12.0 Å². The van der Waals surface area contributed by atoms with Crippen molar-refractivity contribution in [2.24, 2.45) is 0 Å². The largest absolute Gasteiger partial charge is 0.497 e. The Hall–Kier alpha value is -3.39. The summed E-state index contributed by atoms with van der Waals surface area (Å²) in [4.78, 5) is 19.6. The second kappa shape index (κ2) is 8.63. The first kappa shape index (κ1) is 20.5. The van der Waals surface area contributed by atoms with Gasteiger partial charge in [0.15, 0.2) is 0 Å². The molecule has 8 heteroatoms. The third-order valence-corrected chi connectivity index (χ3v) is 6.72. The Morgan fingerprint density at radius 3 is 2.66 bits per heavy atom. The van der Waals surface area contributed by atoms with Gasteiger partial charge in [-0.2, -0.15) is 5.10 Å². The van der Waals surface area contributed by atoms with E-state index in [0.717, 1.165) is 40.2 Å². The predicted octanol–water partition coefficient (Wildman–Crippen LogP) is 4.48. The lowest BCUT2D eigenvalue weighted by Gasteiger charge is -2.31. The molecule has 1 aliphatic rings. The number of piperidine rings is 1. The van der Waals surface area contributed by atoms with Crippen LogP contribution in [0.3, 0.4) is 0 Å². The monoisotopic (exact) mass is 448 g/mol. The Kier molecular flexibility index (Phi) is 5.53. The fraction of sp³-hybridized carbons (Fsp3) is 0.292. The number of hydrogen-bond acceptors (Lipinski definition) is 6. The molecule has 1 fully saturated rings. The van der Waals surface area contributed by atoms with Crippen LogP contribution in [0.4, 0.5) is 0 Å². The van der Waals surface area contributed by atoms with Gasteiger partial charge >= 0.3 is 0 Å². The van der Waals surface area contributed by atoms with Crippen molar-refractivity contribution in [2.75, 3.05) is 20.2 Å². The number of hydrogen-bond donors (Lipinski definition) is 0. The van der Waals surface area contributed by atoms with Crippen molar-refractivity contribution in [3.8, 4) is 16.6 Å². The van der Waals surface area contributed by atoms with Crippen molar-refractivity contribution >= 4 is 27.5 Å². The molecule has 7 nitrogen and oxygen atoms in total. The molecule has 0 unspecified atom stereocenters. The fourth-order valence-corrected chi connectivity index (χ4v) is 4.91. The number of aromatic nitrogens is 3. The van der Waals surface area contributed by atoms with Crippen LogP contribution in [0.1, 0.15) is 28.9 Å². The number of ether oxygens (including phenoxy) is 2. The number of fused-ring (bicyclic) bond motifs is 1. The number of rotatable bonds is 5. The van der Waals surface area contributed by atoms with Gasteiger partial charge in [-0.3, -0.25) is 4.79 Å². The third-order valence-electron chi connectivity index (χ3n) is 5.81. The second-order valence-corrected chi connectivity index (χ2v) is 8.81. The average Bonchev–Trinajstić information content (AvgIpc) is 3.41. The van der Waals surface area contributed by atoms with Crippen molar-refractivity contribution < 1.29 is 14.3 Å². The number of para-hydroxylation sites is 1. The summed E-state index contributed by atoms with van der Waals surface area (Å²) in [5.41, 5.74) is 3.35. The zero-order valence-electron chi connectivity index (χ0n) is 18.0. The summed E-state index contributed by atoms with van der Waals surface area (Å²) >= 11 is 1.52. The molecule has 0 radical (unpaired) electrons. The van der Waals surface area contributed by atoms with Gasteiger partial charge in [0.25, 0.3) is 11.1 Å². The number of methoxy groups -OCH3 is 1. The molecule has 2 aromatic carbocycles. The molecular weight excluding hydrogens is 424 g/mol. The number of thiazole rings is 1. The van der Waals surface area contributed by atoms with Gasteiger partial charge in [-0.15, -0.1) is 0 Å². The molecule has 0 bridgehead atoms. The Morgan fingerprint density at radius 1 is 1.12 bits per heavy atom. The van der Waals surface area contributed by atoms with E-state index in [2.05, 4.69) is 10.1 Å². The molecule has 0 saturated carbocycles. The van der Waals surface area contributed by atoms with E-state index in [0.29, 0.717) is 23.8 Å². The summed E-state index contributed by atoms with van der Waals surface area (Å²) in [5, 5.41) is 5.10. The normalized spacial score (nSPS) is 14.6. The lowest BCUT2D eigenvalue weighted by atomic mass is 10.1. The third kappa shape index (κ3) is 3.93. The Labute approximate surface area is 190 Å². The van der Waals surface area contributed by atoms with Gasteiger partial charge < -0.3 is 14.4 Å². The minimum Gasteiger partial charge on any atom is -0.497 e. The van der Waals surface area contributed by atoms with Crippen LogP contribution in [0.15, 0.2) is 54.7 Å². The molecule has 1 saturated heterocycles. The molecule has 164 valence electrons. The predicted molar refractivity (Wildman–Crippen MR) is 124 cm³/mol. The highest BCUT2D eigenvalue weighted by Gasteiger charge is 2.27. The standard InChI is InChI=1S/C24H24N4O3S/c1-16-20(15-25-28(16)17-6-4-3-5-7-17)23(29)27-12-10-18(11-13-27)31-24-26-21-9-8-19(30-2)14-22(21)32-24/h3-9,14-15,18H,10-13H2,1-2H3. The zero-order valence-corrected chi connectivity index (χ0v) is 18.8. The van der Waals surface area contributed by atoms with E-state index in [1.54, 1.807) is 13.3 Å². The maximum Gasteiger partial charge on any atom is 0.274 e.